The average molecular weight is 627 g/mol. The van der Waals surface area contributed by atoms with Crippen LogP contribution < -0.4 is 9.64 Å². The number of hydrogen-bond donors (Lipinski definition) is 1. The van der Waals surface area contributed by atoms with Gasteiger partial charge in [0, 0.05) is 21.4 Å². The molecule has 0 spiro atoms. The Hall–Kier alpha value is -3.37. The van der Waals surface area contributed by atoms with E-state index in [2.05, 4.69) is 17.1 Å². The van der Waals surface area contributed by atoms with E-state index in [0.29, 0.717) is 43.6 Å². The van der Waals surface area contributed by atoms with Gasteiger partial charge in [-0.05, 0) is 60.0 Å². The fourth-order valence-electron chi connectivity index (χ4n) is 4.30. The SMILES string of the molecule is CCCCOc1ccc(C2/C(=C(/O)c3ccc(Cl)cc3)C(=O)C(=O)N2c2nnc(SCc3ccccc3Cl)s2)cc1. The Morgan fingerprint density at radius 1 is 1.02 bits per heavy atom. The second-order valence-corrected chi connectivity index (χ2v) is 12.2. The number of thioether (sulfide) groups is 1. The molecule has 5 rings (SSSR count). The second-order valence-electron chi connectivity index (χ2n) is 9.18. The van der Waals surface area contributed by atoms with Gasteiger partial charge in [-0.3, -0.25) is 14.5 Å². The fourth-order valence-corrected chi connectivity index (χ4v) is 6.58. The van der Waals surface area contributed by atoms with Gasteiger partial charge in [0.15, 0.2) is 4.34 Å². The molecule has 1 N–H and O–H groups in total. The number of anilines is 1. The number of halogens is 2. The molecule has 1 amide bonds. The van der Waals surface area contributed by atoms with E-state index < -0.39 is 17.7 Å². The molecule has 4 aromatic rings. The minimum atomic E-state index is -0.926. The largest absolute Gasteiger partial charge is 0.507 e. The minimum Gasteiger partial charge on any atom is -0.507 e. The molecule has 1 unspecified atom stereocenters. The van der Waals surface area contributed by atoms with Crippen LogP contribution in [0.4, 0.5) is 5.13 Å². The van der Waals surface area contributed by atoms with E-state index in [4.69, 9.17) is 27.9 Å². The summed E-state index contributed by atoms with van der Waals surface area (Å²) >= 11 is 14.9. The van der Waals surface area contributed by atoms with Crippen molar-refractivity contribution in [2.45, 2.75) is 35.9 Å². The van der Waals surface area contributed by atoms with E-state index in [1.165, 1.54) is 28.0 Å². The maximum atomic E-state index is 13.5. The first-order valence-corrected chi connectivity index (χ1v) is 15.4. The number of nitrogens with zero attached hydrogens (tertiary/aromatic N) is 3. The summed E-state index contributed by atoms with van der Waals surface area (Å²) in [6.45, 7) is 2.68. The van der Waals surface area contributed by atoms with Gasteiger partial charge in [-0.2, -0.15) is 0 Å². The van der Waals surface area contributed by atoms with Gasteiger partial charge < -0.3 is 9.84 Å². The van der Waals surface area contributed by atoms with E-state index in [0.717, 1.165) is 18.4 Å². The van der Waals surface area contributed by atoms with Gasteiger partial charge in [-0.25, -0.2) is 0 Å². The molecule has 1 fully saturated rings. The van der Waals surface area contributed by atoms with Crippen LogP contribution in [0.3, 0.4) is 0 Å². The molecule has 1 aliphatic heterocycles. The van der Waals surface area contributed by atoms with Gasteiger partial charge in [0.25, 0.3) is 5.78 Å². The number of amides is 1. The van der Waals surface area contributed by atoms with Gasteiger partial charge in [0.1, 0.15) is 11.5 Å². The Bertz CT molecular complexity index is 1590. The first-order valence-electron chi connectivity index (χ1n) is 12.9. The molecule has 1 atom stereocenters. The Balaban J connectivity index is 1.51. The third-order valence-electron chi connectivity index (χ3n) is 6.44. The monoisotopic (exact) mass is 625 g/mol. The second kappa shape index (κ2) is 13.1. The number of aliphatic hydroxyl groups is 1. The first-order chi connectivity index (χ1) is 19.9. The fraction of sp³-hybridized carbons (Fsp3) is 0.200. The van der Waals surface area contributed by atoms with E-state index in [1.807, 2.05) is 24.3 Å². The molecule has 0 bridgehead atoms. The molecule has 1 aromatic heterocycles. The molecule has 7 nitrogen and oxygen atoms in total. The smallest absolute Gasteiger partial charge is 0.301 e. The molecule has 0 radical (unpaired) electrons. The molecule has 1 saturated heterocycles. The van der Waals surface area contributed by atoms with Gasteiger partial charge in [0.05, 0.1) is 18.2 Å². The standard InChI is InChI=1S/C30H25Cl2N3O4S2/c1-2-3-16-39-22-14-10-18(11-15-22)25-24(26(36)19-8-12-21(31)13-9-19)27(37)28(38)35(25)29-33-34-30(41-29)40-17-20-6-4-5-7-23(20)32/h4-15,25,36H,2-3,16-17H2,1H3/b26-24-. The van der Waals surface area contributed by atoms with Crippen LogP contribution in [0.2, 0.25) is 10.0 Å². The number of hydrogen-bond acceptors (Lipinski definition) is 8. The zero-order valence-electron chi connectivity index (χ0n) is 21.9. The average Bonchev–Trinajstić information content (AvgIpc) is 3.55. The summed E-state index contributed by atoms with van der Waals surface area (Å²) in [6.07, 6.45) is 1.94. The summed E-state index contributed by atoms with van der Waals surface area (Å²) in [5, 5.41) is 21.2. The van der Waals surface area contributed by atoms with Crippen molar-refractivity contribution >= 4 is 68.9 Å². The van der Waals surface area contributed by atoms with E-state index in [-0.39, 0.29) is 16.5 Å². The topological polar surface area (TPSA) is 92.6 Å². The highest BCUT2D eigenvalue weighted by atomic mass is 35.5. The van der Waals surface area contributed by atoms with Crippen molar-refractivity contribution in [2.24, 2.45) is 0 Å². The highest BCUT2D eigenvalue weighted by molar-refractivity contribution is 8.00. The molecule has 41 heavy (non-hydrogen) atoms. The van der Waals surface area contributed by atoms with Crippen molar-refractivity contribution in [3.8, 4) is 5.75 Å². The van der Waals surface area contributed by atoms with Crippen LogP contribution in [0.25, 0.3) is 5.76 Å². The number of benzene rings is 3. The van der Waals surface area contributed by atoms with Crippen LogP contribution >= 0.6 is 46.3 Å². The molecular weight excluding hydrogens is 601 g/mol. The van der Waals surface area contributed by atoms with Crippen LogP contribution in [-0.4, -0.2) is 33.6 Å². The van der Waals surface area contributed by atoms with E-state index in [9.17, 15) is 14.7 Å². The first kappa shape index (κ1) is 29.1. The van der Waals surface area contributed by atoms with Gasteiger partial charge in [-0.1, -0.05) is 90.0 Å². The minimum absolute atomic E-state index is 0.0440. The third-order valence-corrected chi connectivity index (χ3v) is 9.16. The van der Waals surface area contributed by atoms with Crippen LogP contribution in [-0.2, 0) is 15.3 Å². The maximum Gasteiger partial charge on any atom is 0.301 e. The number of aromatic nitrogens is 2. The lowest BCUT2D eigenvalue weighted by Crippen LogP contribution is -2.29. The Kier molecular flexibility index (Phi) is 9.29. The van der Waals surface area contributed by atoms with Crippen molar-refractivity contribution < 1.29 is 19.4 Å². The molecule has 0 saturated carbocycles. The van der Waals surface area contributed by atoms with E-state index in [1.54, 1.807) is 48.5 Å². The highest BCUT2D eigenvalue weighted by Crippen LogP contribution is 2.44. The molecule has 2 heterocycles. The van der Waals surface area contributed by atoms with E-state index >= 15 is 0 Å². The Morgan fingerprint density at radius 2 is 1.76 bits per heavy atom. The third kappa shape index (κ3) is 6.43. The summed E-state index contributed by atoms with van der Waals surface area (Å²) in [5.74, 6) is -0.675. The molecule has 1 aliphatic rings. The number of unbranched alkanes of at least 4 members (excludes halogenated alkanes) is 1. The summed E-state index contributed by atoms with van der Waals surface area (Å²) in [6, 6.07) is 20.2. The lowest BCUT2D eigenvalue weighted by atomic mass is 9.95. The maximum absolute atomic E-state index is 13.5. The quantitative estimate of drug-likeness (QED) is 0.0477. The predicted molar refractivity (Wildman–Crippen MR) is 164 cm³/mol. The highest BCUT2D eigenvalue weighted by Gasteiger charge is 2.48. The van der Waals surface area contributed by atoms with Crippen LogP contribution in [0.15, 0.2) is 82.7 Å². The van der Waals surface area contributed by atoms with Crippen LogP contribution in [0.1, 0.15) is 42.5 Å². The molecule has 3 aromatic carbocycles. The van der Waals surface area contributed by atoms with Crippen molar-refractivity contribution in [1.29, 1.82) is 0 Å². The van der Waals surface area contributed by atoms with Crippen molar-refractivity contribution in [1.82, 2.24) is 10.2 Å². The molecular formula is C30H25Cl2N3O4S2. The Labute approximate surface area is 255 Å². The summed E-state index contributed by atoms with van der Waals surface area (Å²) in [5.41, 5.74) is 1.88. The zero-order chi connectivity index (χ0) is 28.9. The predicted octanol–water partition coefficient (Wildman–Crippen LogP) is 7.94. The number of carbonyl (C=O) groups excluding carboxylic acids is 2. The number of ketones is 1. The summed E-state index contributed by atoms with van der Waals surface area (Å²) < 4.78 is 6.40. The molecule has 0 aliphatic carbocycles. The van der Waals surface area contributed by atoms with Gasteiger partial charge >= 0.3 is 5.91 Å². The number of rotatable bonds is 10. The van der Waals surface area contributed by atoms with Crippen molar-refractivity contribution in [2.75, 3.05) is 11.5 Å². The Morgan fingerprint density at radius 3 is 2.46 bits per heavy atom. The lowest BCUT2D eigenvalue weighted by molar-refractivity contribution is -0.132. The summed E-state index contributed by atoms with van der Waals surface area (Å²) in [4.78, 5) is 28.2. The van der Waals surface area contributed by atoms with Gasteiger partial charge in [-0.15, -0.1) is 10.2 Å². The van der Waals surface area contributed by atoms with Crippen molar-refractivity contribution in [3.63, 3.8) is 0 Å². The number of Topliss-reactive ketones (excluding diaryl/α,β-unsaturated/α-hetero) is 1. The summed E-state index contributed by atoms with van der Waals surface area (Å²) in [7, 11) is 0. The van der Waals surface area contributed by atoms with Crippen molar-refractivity contribution in [3.05, 3.63) is 105 Å². The normalized spacial score (nSPS) is 16.4. The number of carbonyl (C=O) groups is 2. The van der Waals surface area contributed by atoms with Crippen LogP contribution in [0, 0.1) is 0 Å². The zero-order valence-corrected chi connectivity index (χ0v) is 25.1. The molecule has 210 valence electrons. The van der Waals surface area contributed by atoms with Gasteiger partial charge in [0.2, 0.25) is 5.13 Å². The number of ether oxygens (including phenoxy) is 1. The van der Waals surface area contributed by atoms with Crippen LogP contribution in [0.5, 0.6) is 5.75 Å². The lowest BCUT2D eigenvalue weighted by Gasteiger charge is -2.22. The molecule has 11 heteroatoms. The number of aliphatic hydroxyl groups excluding tert-OH is 1.